The lowest BCUT2D eigenvalue weighted by Gasteiger charge is -2.39. The third kappa shape index (κ3) is 3.06. The van der Waals surface area contributed by atoms with Crippen molar-refractivity contribution in [3.05, 3.63) is 11.6 Å². The van der Waals surface area contributed by atoms with Gasteiger partial charge >= 0.3 is 0 Å². The summed E-state index contributed by atoms with van der Waals surface area (Å²) < 4.78 is 5.46. The highest BCUT2D eigenvalue weighted by Gasteiger charge is 2.30. The Morgan fingerprint density at radius 3 is 3.12 bits per heavy atom. The molecular formula is C13H23NO2. The summed E-state index contributed by atoms with van der Waals surface area (Å²) in [5, 5.41) is 9.41. The molecule has 1 unspecified atom stereocenters. The summed E-state index contributed by atoms with van der Waals surface area (Å²) in [7, 11) is 0. The van der Waals surface area contributed by atoms with E-state index in [0.29, 0.717) is 6.61 Å². The molecular weight excluding hydrogens is 202 g/mol. The van der Waals surface area contributed by atoms with Gasteiger partial charge in [0.25, 0.3) is 0 Å². The monoisotopic (exact) mass is 225 g/mol. The van der Waals surface area contributed by atoms with Crippen molar-refractivity contribution in [2.75, 3.05) is 39.5 Å². The topological polar surface area (TPSA) is 32.7 Å². The van der Waals surface area contributed by atoms with Crippen molar-refractivity contribution >= 4 is 0 Å². The molecule has 0 bridgehead atoms. The Morgan fingerprint density at radius 1 is 1.56 bits per heavy atom. The van der Waals surface area contributed by atoms with E-state index in [-0.39, 0.29) is 5.41 Å². The van der Waals surface area contributed by atoms with Gasteiger partial charge in [0.2, 0.25) is 0 Å². The Bertz CT molecular complexity index is 265. The van der Waals surface area contributed by atoms with E-state index in [1.165, 1.54) is 12.0 Å². The van der Waals surface area contributed by atoms with Crippen molar-refractivity contribution in [1.29, 1.82) is 0 Å². The Balaban J connectivity index is 1.87. The minimum atomic E-state index is 0.105. The Morgan fingerprint density at radius 2 is 2.44 bits per heavy atom. The van der Waals surface area contributed by atoms with Gasteiger partial charge in [-0.25, -0.2) is 0 Å². The number of aliphatic hydroxyl groups excluding tert-OH is 1. The number of piperidine rings is 1. The Labute approximate surface area is 98.1 Å². The normalized spacial score (nSPS) is 32.5. The summed E-state index contributed by atoms with van der Waals surface area (Å²) in [5.74, 6) is 0. The van der Waals surface area contributed by atoms with Gasteiger partial charge in [-0.05, 0) is 31.4 Å². The molecule has 0 saturated carbocycles. The van der Waals surface area contributed by atoms with Crippen LogP contribution in [-0.2, 0) is 4.74 Å². The molecule has 0 spiro atoms. The van der Waals surface area contributed by atoms with Crippen molar-refractivity contribution in [2.24, 2.45) is 5.41 Å². The highest BCUT2D eigenvalue weighted by molar-refractivity contribution is 5.07. The van der Waals surface area contributed by atoms with Crippen LogP contribution < -0.4 is 0 Å². The maximum Gasteiger partial charge on any atom is 0.0689 e. The molecule has 1 saturated heterocycles. The summed E-state index contributed by atoms with van der Waals surface area (Å²) in [6.45, 7) is 7.36. The zero-order chi connectivity index (χ0) is 11.4. The van der Waals surface area contributed by atoms with E-state index in [1.807, 2.05) is 0 Å². The number of likely N-dealkylation sites (tertiary alicyclic amines) is 1. The van der Waals surface area contributed by atoms with Crippen molar-refractivity contribution in [1.82, 2.24) is 4.90 Å². The summed E-state index contributed by atoms with van der Waals surface area (Å²) >= 11 is 0. The number of ether oxygens (including phenoxy) is 1. The molecule has 1 fully saturated rings. The largest absolute Gasteiger partial charge is 0.396 e. The van der Waals surface area contributed by atoms with Crippen LogP contribution in [0.1, 0.15) is 26.2 Å². The highest BCUT2D eigenvalue weighted by Crippen LogP contribution is 2.29. The molecule has 16 heavy (non-hydrogen) atoms. The molecule has 0 aliphatic carbocycles. The predicted octanol–water partition coefficient (Wildman–Crippen LogP) is 1.43. The van der Waals surface area contributed by atoms with Crippen LogP contribution in [0.3, 0.4) is 0 Å². The van der Waals surface area contributed by atoms with Crippen molar-refractivity contribution < 1.29 is 9.84 Å². The fourth-order valence-corrected chi connectivity index (χ4v) is 2.70. The SMILES string of the molecule is CC1(CO)CCCN(CC2=CCCOC2)C1. The third-order valence-electron chi connectivity index (χ3n) is 3.65. The smallest absolute Gasteiger partial charge is 0.0689 e. The highest BCUT2D eigenvalue weighted by atomic mass is 16.5. The maximum absolute atomic E-state index is 9.41. The summed E-state index contributed by atoms with van der Waals surface area (Å²) in [6.07, 6.45) is 5.72. The average Bonchev–Trinajstić information content (AvgIpc) is 2.30. The minimum Gasteiger partial charge on any atom is -0.396 e. The molecule has 1 N–H and O–H groups in total. The number of rotatable bonds is 3. The van der Waals surface area contributed by atoms with Gasteiger partial charge < -0.3 is 9.84 Å². The number of hydrogen-bond donors (Lipinski definition) is 1. The molecule has 2 aliphatic heterocycles. The molecule has 1 atom stereocenters. The van der Waals surface area contributed by atoms with E-state index >= 15 is 0 Å². The second kappa shape index (κ2) is 5.30. The van der Waals surface area contributed by atoms with E-state index in [9.17, 15) is 5.11 Å². The third-order valence-corrected chi connectivity index (χ3v) is 3.65. The van der Waals surface area contributed by atoms with E-state index in [4.69, 9.17) is 4.74 Å². The first-order valence-electron chi connectivity index (χ1n) is 6.31. The average molecular weight is 225 g/mol. The van der Waals surface area contributed by atoms with Crippen LogP contribution in [0.5, 0.6) is 0 Å². The van der Waals surface area contributed by atoms with Gasteiger partial charge in [0.1, 0.15) is 0 Å². The van der Waals surface area contributed by atoms with Crippen LogP contribution in [0.15, 0.2) is 11.6 Å². The molecule has 2 rings (SSSR count). The molecule has 2 aliphatic rings. The Kier molecular flexibility index (Phi) is 4.00. The molecule has 0 radical (unpaired) electrons. The second-order valence-electron chi connectivity index (χ2n) is 5.49. The van der Waals surface area contributed by atoms with Crippen molar-refractivity contribution in [2.45, 2.75) is 26.2 Å². The molecule has 0 amide bonds. The molecule has 0 aromatic rings. The van der Waals surface area contributed by atoms with Crippen LogP contribution in [0.2, 0.25) is 0 Å². The van der Waals surface area contributed by atoms with Crippen LogP contribution in [-0.4, -0.2) is 49.5 Å². The Hall–Kier alpha value is -0.380. The van der Waals surface area contributed by atoms with Crippen LogP contribution in [0.4, 0.5) is 0 Å². The van der Waals surface area contributed by atoms with Gasteiger partial charge in [-0.3, -0.25) is 4.90 Å². The molecule has 0 aromatic heterocycles. The van der Waals surface area contributed by atoms with Gasteiger partial charge in [0, 0.05) is 25.1 Å². The van der Waals surface area contributed by atoms with E-state index in [0.717, 1.165) is 45.7 Å². The zero-order valence-corrected chi connectivity index (χ0v) is 10.2. The second-order valence-corrected chi connectivity index (χ2v) is 5.49. The zero-order valence-electron chi connectivity index (χ0n) is 10.2. The van der Waals surface area contributed by atoms with E-state index < -0.39 is 0 Å². The van der Waals surface area contributed by atoms with Gasteiger partial charge in [0.05, 0.1) is 13.2 Å². The first kappa shape index (κ1) is 12.1. The van der Waals surface area contributed by atoms with Crippen molar-refractivity contribution in [3.8, 4) is 0 Å². The minimum absolute atomic E-state index is 0.105. The lowest BCUT2D eigenvalue weighted by molar-refractivity contribution is 0.0477. The van der Waals surface area contributed by atoms with Gasteiger partial charge in [-0.2, -0.15) is 0 Å². The van der Waals surface area contributed by atoms with E-state index in [1.54, 1.807) is 0 Å². The first-order chi connectivity index (χ1) is 7.72. The lowest BCUT2D eigenvalue weighted by Crippen LogP contribution is -2.44. The van der Waals surface area contributed by atoms with Gasteiger partial charge in [0.15, 0.2) is 0 Å². The maximum atomic E-state index is 9.41. The standard InChI is InChI=1S/C13H23NO2/c1-13(11-15)5-3-6-14(10-13)8-12-4-2-7-16-9-12/h4,15H,2-3,5-11H2,1H3. The lowest BCUT2D eigenvalue weighted by atomic mass is 9.82. The summed E-state index contributed by atoms with van der Waals surface area (Å²) in [5.41, 5.74) is 1.52. The van der Waals surface area contributed by atoms with Crippen LogP contribution >= 0.6 is 0 Å². The molecule has 3 nitrogen and oxygen atoms in total. The van der Waals surface area contributed by atoms with Gasteiger partial charge in [-0.15, -0.1) is 0 Å². The van der Waals surface area contributed by atoms with Crippen LogP contribution in [0.25, 0.3) is 0 Å². The number of hydrogen-bond acceptors (Lipinski definition) is 3. The van der Waals surface area contributed by atoms with Crippen LogP contribution in [0, 0.1) is 5.41 Å². The fraction of sp³-hybridized carbons (Fsp3) is 0.846. The van der Waals surface area contributed by atoms with E-state index in [2.05, 4.69) is 17.9 Å². The molecule has 0 aromatic carbocycles. The number of aliphatic hydroxyl groups is 1. The molecule has 2 heterocycles. The molecule has 3 heteroatoms. The fourth-order valence-electron chi connectivity index (χ4n) is 2.70. The predicted molar refractivity (Wildman–Crippen MR) is 64.4 cm³/mol. The molecule has 92 valence electrons. The number of nitrogens with zero attached hydrogens (tertiary/aromatic N) is 1. The summed E-state index contributed by atoms with van der Waals surface area (Å²) in [6, 6.07) is 0. The van der Waals surface area contributed by atoms with Gasteiger partial charge in [-0.1, -0.05) is 13.0 Å². The first-order valence-corrected chi connectivity index (χ1v) is 6.31. The summed E-state index contributed by atoms with van der Waals surface area (Å²) in [4.78, 5) is 2.46. The van der Waals surface area contributed by atoms with Crippen molar-refractivity contribution in [3.63, 3.8) is 0 Å². The quantitative estimate of drug-likeness (QED) is 0.738.